The van der Waals surface area contributed by atoms with Gasteiger partial charge in [-0.25, -0.2) is 0 Å². The standard InChI is InChI=1S/C10H15NO/c1-5-10(12)11-9(4)7-6-8(2)3/h6-7H,2,4-5H2,1,3H3,(H,11,12)/b7-6-. The topological polar surface area (TPSA) is 29.1 Å². The van der Waals surface area contributed by atoms with E-state index in [0.29, 0.717) is 12.1 Å². The van der Waals surface area contributed by atoms with E-state index < -0.39 is 0 Å². The van der Waals surface area contributed by atoms with Gasteiger partial charge < -0.3 is 5.32 Å². The Hall–Kier alpha value is -1.31. The van der Waals surface area contributed by atoms with Crippen LogP contribution in [0.25, 0.3) is 0 Å². The average molecular weight is 165 g/mol. The molecule has 0 aliphatic rings. The highest BCUT2D eigenvalue weighted by molar-refractivity contribution is 5.77. The Labute approximate surface area is 73.7 Å². The van der Waals surface area contributed by atoms with Crippen molar-refractivity contribution in [2.45, 2.75) is 20.3 Å². The van der Waals surface area contributed by atoms with Crippen LogP contribution in [0.5, 0.6) is 0 Å². The number of nitrogens with one attached hydrogen (secondary N) is 1. The summed E-state index contributed by atoms with van der Waals surface area (Å²) in [5, 5.41) is 2.62. The fraction of sp³-hybridized carbons (Fsp3) is 0.300. The molecule has 0 atom stereocenters. The van der Waals surface area contributed by atoms with Gasteiger partial charge in [-0.3, -0.25) is 4.79 Å². The van der Waals surface area contributed by atoms with Crippen LogP contribution in [-0.2, 0) is 4.79 Å². The number of hydrogen-bond donors (Lipinski definition) is 1. The van der Waals surface area contributed by atoms with E-state index >= 15 is 0 Å². The van der Waals surface area contributed by atoms with Crippen LogP contribution >= 0.6 is 0 Å². The maximum Gasteiger partial charge on any atom is 0.224 e. The molecule has 0 saturated carbocycles. The zero-order valence-electron chi connectivity index (χ0n) is 7.68. The highest BCUT2D eigenvalue weighted by Crippen LogP contribution is 1.94. The van der Waals surface area contributed by atoms with Crippen molar-refractivity contribution in [3.05, 3.63) is 36.6 Å². The summed E-state index contributed by atoms with van der Waals surface area (Å²) in [6.45, 7) is 11.0. The minimum atomic E-state index is -0.0219. The lowest BCUT2D eigenvalue weighted by molar-refractivity contribution is -0.119. The Bertz CT molecular complexity index is 226. The van der Waals surface area contributed by atoms with Crippen LogP contribution in [-0.4, -0.2) is 5.91 Å². The average Bonchev–Trinajstić information content (AvgIpc) is 2.00. The first-order valence-electron chi connectivity index (χ1n) is 3.88. The number of carbonyl (C=O) groups is 1. The van der Waals surface area contributed by atoms with E-state index in [1.165, 1.54) is 0 Å². The lowest BCUT2D eigenvalue weighted by atomic mass is 10.3. The summed E-state index contributed by atoms with van der Waals surface area (Å²) in [7, 11) is 0. The smallest absolute Gasteiger partial charge is 0.224 e. The van der Waals surface area contributed by atoms with Gasteiger partial charge in [0.05, 0.1) is 0 Å². The van der Waals surface area contributed by atoms with Gasteiger partial charge in [0.15, 0.2) is 0 Å². The van der Waals surface area contributed by atoms with Gasteiger partial charge in [0, 0.05) is 12.1 Å². The van der Waals surface area contributed by atoms with Crippen molar-refractivity contribution in [2.75, 3.05) is 0 Å². The molecular formula is C10H15NO. The van der Waals surface area contributed by atoms with Crippen LogP contribution < -0.4 is 5.32 Å². The lowest BCUT2D eigenvalue weighted by Gasteiger charge is -2.00. The summed E-state index contributed by atoms with van der Waals surface area (Å²) in [6, 6.07) is 0. The van der Waals surface area contributed by atoms with Crippen LogP contribution in [0.3, 0.4) is 0 Å². The second-order valence-corrected chi connectivity index (χ2v) is 2.61. The summed E-state index contributed by atoms with van der Waals surface area (Å²) in [5.74, 6) is -0.0219. The number of carbonyl (C=O) groups excluding carboxylic acids is 1. The van der Waals surface area contributed by atoms with Crippen molar-refractivity contribution in [3.63, 3.8) is 0 Å². The predicted molar refractivity (Wildman–Crippen MR) is 51.5 cm³/mol. The number of rotatable bonds is 4. The monoisotopic (exact) mass is 165 g/mol. The predicted octanol–water partition coefficient (Wildman–Crippen LogP) is 2.16. The summed E-state index contributed by atoms with van der Waals surface area (Å²) >= 11 is 0. The second kappa shape index (κ2) is 5.35. The minimum absolute atomic E-state index is 0.0219. The van der Waals surface area contributed by atoms with E-state index in [0.717, 1.165) is 5.57 Å². The third-order valence-electron chi connectivity index (χ3n) is 1.19. The molecule has 0 saturated heterocycles. The highest BCUT2D eigenvalue weighted by Gasteiger charge is 1.94. The number of allylic oxidation sites excluding steroid dienone is 3. The molecule has 0 aliphatic carbocycles. The van der Waals surface area contributed by atoms with Crippen molar-refractivity contribution < 1.29 is 4.79 Å². The molecule has 0 aliphatic heterocycles. The van der Waals surface area contributed by atoms with E-state index in [4.69, 9.17) is 0 Å². The normalized spacial score (nSPS) is 9.83. The molecule has 2 nitrogen and oxygen atoms in total. The van der Waals surface area contributed by atoms with Gasteiger partial charge >= 0.3 is 0 Å². The summed E-state index contributed by atoms with van der Waals surface area (Å²) in [4.78, 5) is 10.8. The van der Waals surface area contributed by atoms with Crippen LogP contribution in [0.2, 0.25) is 0 Å². The summed E-state index contributed by atoms with van der Waals surface area (Å²) < 4.78 is 0. The Kier molecular flexibility index (Phi) is 4.77. The zero-order valence-corrected chi connectivity index (χ0v) is 7.68. The first-order chi connectivity index (χ1) is 5.56. The molecule has 0 radical (unpaired) electrons. The Morgan fingerprint density at radius 2 is 2.00 bits per heavy atom. The van der Waals surface area contributed by atoms with Crippen LogP contribution in [0.1, 0.15) is 20.3 Å². The fourth-order valence-electron chi connectivity index (χ4n) is 0.552. The maximum absolute atomic E-state index is 10.8. The molecule has 0 aromatic heterocycles. The van der Waals surface area contributed by atoms with E-state index in [1.54, 1.807) is 19.1 Å². The van der Waals surface area contributed by atoms with Crippen molar-refractivity contribution >= 4 is 5.91 Å². The Morgan fingerprint density at radius 3 is 2.42 bits per heavy atom. The molecule has 0 spiro atoms. The minimum Gasteiger partial charge on any atom is -0.327 e. The van der Waals surface area contributed by atoms with Crippen LogP contribution in [0, 0.1) is 0 Å². The van der Waals surface area contributed by atoms with Crippen molar-refractivity contribution in [3.8, 4) is 0 Å². The molecule has 66 valence electrons. The molecule has 12 heavy (non-hydrogen) atoms. The lowest BCUT2D eigenvalue weighted by Crippen LogP contribution is -2.19. The van der Waals surface area contributed by atoms with Crippen LogP contribution in [0.4, 0.5) is 0 Å². The van der Waals surface area contributed by atoms with E-state index in [1.807, 2.05) is 6.92 Å². The Balaban J connectivity index is 3.90. The molecule has 1 amide bonds. The molecule has 1 N–H and O–H groups in total. The first kappa shape index (κ1) is 10.7. The molecule has 2 heteroatoms. The van der Waals surface area contributed by atoms with E-state index in [2.05, 4.69) is 18.5 Å². The molecule has 0 fully saturated rings. The molecule has 0 bridgehead atoms. The SMILES string of the molecule is C=C(C)/C=C\C(=C)NC(=O)CC. The molecule has 0 aromatic carbocycles. The quantitative estimate of drug-likeness (QED) is 0.635. The van der Waals surface area contributed by atoms with Crippen molar-refractivity contribution in [2.24, 2.45) is 0 Å². The van der Waals surface area contributed by atoms with Crippen molar-refractivity contribution in [1.29, 1.82) is 0 Å². The van der Waals surface area contributed by atoms with Gasteiger partial charge in [-0.2, -0.15) is 0 Å². The second-order valence-electron chi connectivity index (χ2n) is 2.61. The first-order valence-corrected chi connectivity index (χ1v) is 3.88. The molecule has 0 unspecified atom stereocenters. The van der Waals surface area contributed by atoms with Gasteiger partial charge in [0.2, 0.25) is 5.91 Å². The van der Waals surface area contributed by atoms with Gasteiger partial charge in [0.25, 0.3) is 0 Å². The van der Waals surface area contributed by atoms with Gasteiger partial charge in [-0.1, -0.05) is 31.7 Å². The van der Waals surface area contributed by atoms with Gasteiger partial charge in [-0.15, -0.1) is 0 Å². The third kappa shape index (κ3) is 5.47. The van der Waals surface area contributed by atoms with E-state index in [9.17, 15) is 4.79 Å². The molecule has 0 aromatic rings. The largest absolute Gasteiger partial charge is 0.327 e. The number of hydrogen-bond acceptors (Lipinski definition) is 1. The molecular weight excluding hydrogens is 150 g/mol. The van der Waals surface area contributed by atoms with E-state index in [-0.39, 0.29) is 5.91 Å². The highest BCUT2D eigenvalue weighted by atomic mass is 16.1. The molecule has 0 heterocycles. The number of amides is 1. The Morgan fingerprint density at radius 1 is 1.42 bits per heavy atom. The van der Waals surface area contributed by atoms with Crippen LogP contribution in [0.15, 0.2) is 36.6 Å². The fourth-order valence-corrected chi connectivity index (χ4v) is 0.552. The summed E-state index contributed by atoms with van der Waals surface area (Å²) in [6.07, 6.45) is 4.01. The maximum atomic E-state index is 10.8. The van der Waals surface area contributed by atoms with Gasteiger partial charge in [-0.05, 0) is 13.0 Å². The summed E-state index contributed by atoms with van der Waals surface area (Å²) in [5.41, 5.74) is 1.53. The zero-order chi connectivity index (χ0) is 9.56. The van der Waals surface area contributed by atoms with Crippen molar-refractivity contribution in [1.82, 2.24) is 5.32 Å². The third-order valence-corrected chi connectivity index (χ3v) is 1.19. The molecule has 0 rings (SSSR count). The van der Waals surface area contributed by atoms with Gasteiger partial charge in [0.1, 0.15) is 0 Å².